The maximum atomic E-state index is 12.4. The second-order valence-corrected chi connectivity index (χ2v) is 6.43. The highest BCUT2D eigenvalue weighted by Gasteiger charge is 2.25. The molecule has 0 spiro atoms. The Morgan fingerprint density at radius 1 is 1.24 bits per heavy atom. The first-order valence-corrected chi connectivity index (χ1v) is 8.00. The van der Waals surface area contributed by atoms with Gasteiger partial charge in [-0.1, -0.05) is 36.4 Å². The van der Waals surface area contributed by atoms with Gasteiger partial charge in [0.25, 0.3) is 0 Å². The number of carbonyl (C=O) groups is 1. The third-order valence-corrected chi connectivity index (χ3v) is 4.81. The van der Waals surface area contributed by atoms with E-state index >= 15 is 0 Å². The molecule has 0 saturated carbocycles. The number of aromatic nitrogens is 1. The fourth-order valence-corrected chi connectivity index (χ4v) is 3.40. The third kappa shape index (κ3) is 4.23. The average Bonchev–Trinajstić information content (AvgIpc) is 2.48. The van der Waals surface area contributed by atoms with Crippen LogP contribution in [0.1, 0.15) is 16.8 Å². The Labute approximate surface area is 126 Å². The van der Waals surface area contributed by atoms with Gasteiger partial charge in [-0.2, -0.15) is 0 Å². The first-order valence-electron chi connectivity index (χ1n) is 6.62. The number of carboxylic acid groups (broad SMARTS) is 1. The lowest BCUT2D eigenvalue weighted by molar-refractivity contribution is -0.136. The van der Waals surface area contributed by atoms with Gasteiger partial charge in [0.1, 0.15) is 5.25 Å². The summed E-state index contributed by atoms with van der Waals surface area (Å²) in [5, 5.41) is 8.42. The van der Waals surface area contributed by atoms with Crippen LogP contribution in [0.5, 0.6) is 0 Å². The molecule has 1 aromatic heterocycles. The summed E-state index contributed by atoms with van der Waals surface area (Å²) >= 11 is 0. The zero-order chi connectivity index (χ0) is 15.2. The van der Waals surface area contributed by atoms with Crippen LogP contribution in [0.2, 0.25) is 0 Å². The van der Waals surface area contributed by atoms with Crippen molar-refractivity contribution >= 4 is 16.8 Å². The molecule has 0 amide bonds. The summed E-state index contributed by atoms with van der Waals surface area (Å²) in [7, 11) is -1.51. The van der Waals surface area contributed by atoms with E-state index in [-0.39, 0.29) is 12.2 Å². The van der Waals surface area contributed by atoms with E-state index in [1.165, 1.54) is 0 Å². The molecule has 0 radical (unpaired) electrons. The molecule has 0 bridgehead atoms. The van der Waals surface area contributed by atoms with Gasteiger partial charge >= 0.3 is 5.97 Å². The van der Waals surface area contributed by atoms with Crippen LogP contribution in [-0.4, -0.2) is 25.5 Å². The molecule has 2 atom stereocenters. The van der Waals surface area contributed by atoms with Crippen molar-refractivity contribution in [2.75, 3.05) is 0 Å². The maximum Gasteiger partial charge on any atom is 0.319 e. The van der Waals surface area contributed by atoms with Gasteiger partial charge in [-0.3, -0.25) is 14.0 Å². The molecule has 0 saturated heterocycles. The molecule has 21 heavy (non-hydrogen) atoms. The number of pyridine rings is 1. The van der Waals surface area contributed by atoms with E-state index in [1.807, 2.05) is 43.3 Å². The van der Waals surface area contributed by atoms with Gasteiger partial charge in [0, 0.05) is 17.0 Å². The number of hydrogen-bond acceptors (Lipinski definition) is 3. The number of benzene rings is 1. The molecule has 0 aliphatic carbocycles. The van der Waals surface area contributed by atoms with Crippen molar-refractivity contribution < 1.29 is 14.1 Å². The van der Waals surface area contributed by atoms with Crippen molar-refractivity contribution in [3.05, 3.63) is 65.5 Å². The number of aliphatic carboxylic acids is 1. The van der Waals surface area contributed by atoms with Gasteiger partial charge in [-0.15, -0.1) is 0 Å². The van der Waals surface area contributed by atoms with E-state index < -0.39 is 22.0 Å². The highest BCUT2D eigenvalue weighted by Crippen LogP contribution is 2.14. The normalized spacial score (nSPS) is 13.6. The van der Waals surface area contributed by atoms with Crippen LogP contribution in [-0.2, 0) is 27.8 Å². The number of aryl methyl sites for hydroxylation is 1. The smallest absolute Gasteiger partial charge is 0.319 e. The molecule has 2 unspecified atom stereocenters. The SMILES string of the molecule is Cc1cccnc1CS(=O)C(Cc1ccccc1)C(=O)O. The summed E-state index contributed by atoms with van der Waals surface area (Å²) in [6.45, 7) is 1.88. The lowest BCUT2D eigenvalue weighted by Crippen LogP contribution is -2.29. The monoisotopic (exact) mass is 303 g/mol. The summed E-state index contributed by atoms with van der Waals surface area (Å²) in [5.41, 5.74) is 2.49. The summed E-state index contributed by atoms with van der Waals surface area (Å²) in [6.07, 6.45) is 1.89. The van der Waals surface area contributed by atoms with Crippen LogP contribution in [0.4, 0.5) is 0 Å². The first kappa shape index (κ1) is 15.4. The maximum absolute atomic E-state index is 12.4. The van der Waals surface area contributed by atoms with E-state index in [4.69, 9.17) is 0 Å². The van der Waals surface area contributed by atoms with Gasteiger partial charge < -0.3 is 5.11 Å². The predicted octanol–water partition coefficient (Wildman–Crippen LogP) is 2.33. The number of nitrogens with zero attached hydrogens (tertiary/aromatic N) is 1. The van der Waals surface area contributed by atoms with Crippen molar-refractivity contribution in [3.8, 4) is 0 Å². The second kappa shape index (κ2) is 7.13. The van der Waals surface area contributed by atoms with Crippen LogP contribution >= 0.6 is 0 Å². The van der Waals surface area contributed by atoms with Crippen LogP contribution in [0.15, 0.2) is 48.7 Å². The van der Waals surface area contributed by atoms with E-state index in [2.05, 4.69) is 4.98 Å². The molecule has 2 aromatic rings. The summed E-state index contributed by atoms with van der Waals surface area (Å²) in [5.74, 6) is -0.873. The molecule has 4 nitrogen and oxygen atoms in total. The van der Waals surface area contributed by atoms with Crippen molar-refractivity contribution in [1.82, 2.24) is 4.98 Å². The average molecular weight is 303 g/mol. The Morgan fingerprint density at radius 2 is 1.95 bits per heavy atom. The van der Waals surface area contributed by atoms with Crippen LogP contribution in [0, 0.1) is 6.92 Å². The second-order valence-electron chi connectivity index (χ2n) is 4.81. The summed E-state index contributed by atoms with van der Waals surface area (Å²) in [6, 6.07) is 12.9. The molecule has 0 aliphatic rings. The topological polar surface area (TPSA) is 67.3 Å². The molecule has 0 fully saturated rings. The predicted molar refractivity (Wildman–Crippen MR) is 82.4 cm³/mol. The summed E-state index contributed by atoms with van der Waals surface area (Å²) < 4.78 is 12.4. The van der Waals surface area contributed by atoms with E-state index in [0.29, 0.717) is 5.69 Å². The van der Waals surface area contributed by atoms with E-state index in [1.54, 1.807) is 12.3 Å². The lowest BCUT2D eigenvalue weighted by atomic mass is 10.1. The zero-order valence-corrected chi connectivity index (χ0v) is 12.5. The fourth-order valence-electron chi connectivity index (χ4n) is 2.03. The minimum Gasteiger partial charge on any atom is -0.480 e. The standard InChI is InChI=1S/C16H17NO3S/c1-12-6-5-9-17-14(12)11-21(20)15(16(18)19)10-13-7-3-2-4-8-13/h2-9,15H,10-11H2,1H3,(H,18,19). The Kier molecular flexibility index (Phi) is 5.22. The van der Waals surface area contributed by atoms with Gasteiger partial charge in [0.15, 0.2) is 0 Å². The Balaban J connectivity index is 2.13. The molecular weight excluding hydrogens is 286 g/mol. The Hall–Kier alpha value is -2.01. The Morgan fingerprint density at radius 3 is 2.57 bits per heavy atom. The molecule has 0 aliphatic heterocycles. The summed E-state index contributed by atoms with van der Waals surface area (Å²) in [4.78, 5) is 15.6. The molecule has 110 valence electrons. The molecule has 1 N–H and O–H groups in total. The van der Waals surface area contributed by atoms with Crippen molar-refractivity contribution in [3.63, 3.8) is 0 Å². The molecular formula is C16H17NO3S. The quantitative estimate of drug-likeness (QED) is 0.889. The molecule has 1 heterocycles. The zero-order valence-electron chi connectivity index (χ0n) is 11.7. The minimum atomic E-state index is -1.51. The van der Waals surface area contributed by atoms with Crippen LogP contribution < -0.4 is 0 Å². The van der Waals surface area contributed by atoms with Crippen molar-refractivity contribution in [2.24, 2.45) is 0 Å². The van der Waals surface area contributed by atoms with Gasteiger partial charge in [-0.25, -0.2) is 0 Å². The number of hydrogen-bond donors (Lipinski definition) is 1. The molecule has 5 heteroatoms. The van der Waals surface area contributed by atoms with Crippen molar-refractivity contribution in [2.45, 2.75) is 24.3 Å². The van der Waals surface area contributed by atoms with E-state index in [0.717, 1.165) is 11.1 Å². The minimum absolute atomic E-state index is 0.163. The van der Waals surface area contributed by atoms with Crippen LogP contribution in [0.25, 0.3) is 0 Å². The van der Waals surface area contributed by atoms with Crippen molar-refractivity contribution in [1.29, 1.82) is 0 Å². The lowest BCUT2D eigenvalue weighted by Gasteiger charge is -2.13. The number of carboxylic acids is 1. The number of rotatable bonds is 6. The van der Waals surface area contributed by atoms with Gasteiger partial charge in [0.2, 0.25) is 0 Å². The highest BCUT2D eigenvalue weighted by molar-refractivity contribution is 7.85. The fraction of sp³-hybridized carbons (Fsp3) is 0.250. The molecule has 2 rings (SSSR count). The largest absolute Gasteiger partial charge is 0.480 e. The third-order valence-electron chi connectivity index (χ3n) is 3.25. The van der Waals surface area contributed by atoms with Gasteiger partial charge in [-0.05, 0) is 30.5 Å². The van der Waals surface area contributed by atoms with E-state index in [9.17, 15) is 14.1 Å². The molecule has 1 aromatic carbocycles. The van der Waals surface area contributed by atoms with Crippen LogP contribution in [0.3, 0.4) is 0 Å². The highest BCUT2D eigenvalue weighted by atomic mass is 32.2. The van der Waals surface area contributed by atoms with Gasteiger partial charge in [0.05, 0.1) is 11.4 Å². The Bertz CT molecular complexity index is 643. The first-order chi connectivity index (χ1) is 10.1.